The van der Waals surface area contributed by atoms with E-state index in [1.165, 1.54) is 5.56 Å². The van der Waals surface area contributed by atoms with Crippen LogP contribution in [-0.2, 0) is 6.42 Å². The quantitative estimate of drug-likeness (QED) is 0.791. The van der Waals surface area contributed by atoms with Crippen molar-refractivity contribution in [2.75, 3.05) is 5.32 Å². The van der Waals surface area contributed by atoms with Gasteiger partial charge < -0.3 is 5.32 Å². The molecular weight excluding hydrogens is 270 g/mol. The third kappa shape index (κ3) is 3.70. The number of aromatic nitrogens is 2. The molecule has 20 heavy (non-hydrogen) atoms. The first-order valence-electron chi connectivity index (χ1n) is 6.99. The largest absolute Gasteiger partial charge is 0.340 e. The molecule has 0 aliphatic rings. The smallest absolute Gasteiger partial charge is 0.135 e. The van der Waals surface area contributed by atoms with Gasteiger partial charge in [-0.15, -0.1) is 0 Å². The maximum absolute atomic E-state index is 6.07. The summed E-state index contributed by atoms with van der Waals surface area (Å²) in [5.41, 5.74) is 2.37. The number of rotatable bonds is 5. The highest BCUT2D eigenvalue weighted by atomic mass is 35.5. The predicted molar refractivity (Wildman–Crippen MR) is 84.9 cm³/mol. The van der Waals surface area contributed by atoms with Crippen LogP contribution >= 0.6 is 11.6 Å². The average Bonchev–Trinajstić information content (AvgIpc) is 2.40. The summed E-state index contributed by atoms with van der Waals surface area (Å²) in [6, 6.07) is 10.0. The van der Waals surface area contributed by atoms with Gasteiger partial charge in [0, 0.05) is 17.7 Å². The number of benzene rings is 1. The molecule has 1 N–H and O–H groups in total. The Hall–Kier alpha value is -1.61. The van der Waals surface area contributed by atoms with Crippen molar-refractivity contribution in [1.29, 1.82) is 0 Å². The summed E-state index contributed by atoms with van der Waals surface area (Å²) >= 11 is 6.07. The zero-order chi connectivity index (χ0) is 14.5. The van der Waals surface area contributed by atoms with Crippen LogP contribution in [0.25, 0.3) is 0 Å². The Kier molecular flexibility index (Phi) is 4.96. The molecule has 0 bridgehead atoms. The van der Waals surface area contributed by atoms with Crippen molar-refractivity contribution < 1.29 is 0 Å². The molecule has 0 fully saturated rings. The van der Waals surface area contributed by atoms with Gasteiger partial charge in [0.15, 0.2) is 0 Å². The standard InChI is InChI=1S/C16H20ClN3/c1-4-7-12-8-5-6-9-13(12)18-15-10-14(17)19-16(20-15)11(2)3/h5-6,8-11H,4,7H2,1-3H3,(H,18,19,20). The summed E-state index contributed by atoms with van der Waals surface area (Å²) in [7, 11) is 0. The minimum Gasteiger partial charge on any atom is -0.340 e. The molecule has 4 heteroatoms. The van der Waals surface area contributed by atoms with Gasteiger partial charge in [-0.25, -0.2) is 9.97 Å². The van der Waals surface area contributed by atoms with Crippen molar-refractivity contribution in [2.45, 2.75) is 39.5 Å². The normalized spacial score (nSPS) is 10.8. The second kappa shape index (κ2) is 6.71. The van der Waals surface area contributed by atoms with E-state index in [1.54, 1.807) is 6.07 Å². The lowest BCUT2D eigenvalue weighted by Crippen LogP contribution is -2.03. The van der Waals surface area contributed by atoms with Gasteiger partial charge in [-0.1, -0.05) is 57.0 Å². The van der Waals surface area contributed by atoms with E-state index in [-0.39, 0.29) is 5.92 Å². The van der Waals surface area contributed by atoms with E-state index in [0.29, 0.717) is 5.15 Å². The number of halogens is 1. The van der Waals surface area contributed by atoms with Crippen LogP contribution in [0.5, 0.6) is 0 Å². The van der Waals surface area contributed by atoms with Gasteiger partial charge in [-0.3, -0.25) is 0 Å². The van der Waals surface area contributed by atoms with E-state index in [1.807, 2.05) is 6.07 Å². The molecule has 0 aliphatic heterocycles. The highest BCUT2D eigenvalue weighted by molar-refractivity contribution is 6.29. The highest BCUT2D eigenvalue weighted by Gasteiger charge is 2.08. The summed E-state index contributed by atoms with van der Waals surface area (Å²) < 4.78 is 0. The van der Waals surface area contributed by atoms with Gasteiger partial charge in [0.2, 0.25) is 0 Å². The lowest BCUT2D eigenvalue weighted by atomic mass is 10.1. The number of hydrogen-bond donors (Lipinski definition) is 1. The van der Waals surface area contributed by atoms with Crippen LogP contribution in [0.1, 0.15) is 44.5 Å². The Bertz CT molecular complexity index is 582. The number of aryl methyl sites for hydroxylation is 1. The number of para-hydroxylation sites is 1. The Morgan fingerprint density at radius 2 is 1.95 bits per heavy atom. The van der Waals surface area contributed by atoms with Crippen LogP contribution < -0.4 is 5.32 Å². The van der Waals surface area contributed by atoms with Crippen LogP contribution in [0.2, 0.25) is 5.15 Å². The number of nitrogens with one attached hydrogen (secondary N) is 1. The molecule has 0 saturated carbocycles. The van der Waals surface area contributed by atoms with Crippen LogP contribution in [0.4, 0.5) is 11.5 Å². The second-order valence-electron chi connectivity index (χ2n) is 5.12. The van der Waals surface area contributed by atoms with Gasteiger partial charge in [-0.2, -0.15) is 0 Å². The van der Waals surface area contributed by atoms with Crippen molar-refractivity contribution in [3.05, 3.63) is 46.9 Å². The zero-order valence-corrected chi connectivity index (χ0v) is 12.9. The first kappa shape index (κ1) is 14.8. The molecule has 106 valence electrons. The van der Waals surface area contributed by atoms with Crippen molar-refractivity contribution in [1.82, 2.24) is 9.97 Å². The van der Waals surface area contributed by atoms with Crippen molar-refractivity contribution >= 4 is 23.1 Å². The minimum atomic E-state index is 0.250. The zero-order valence-electron chi connectivity index (χ0n) is 12.2. The number of anilines is 2. The molecule has 0 atom stereocenters. The Balaban J connectivity index is 2.30. The molecule has 2 aromatic rings. The summed E-state index contributed by atoms with van der Waals surface area (Å²) in [6.45, 7) is 6.29. The fourth-order valence-electron chi connectivity index (χ4n) is 2.03. The van der Waals surface area contributed by atoms with E-state index in [4.69, 9.17) is 11.6 Å². The Morgan fingerprint density at radius 3 is 2.65 bits per heavy atom. The second-order valence-corrected chi connectivity index (χ2v) is 5.51. The Labute approximate surface area is 125 Å². The summed E-state index contributed by atoms with van der Waals surface area (Å²) in [4.78, 5) is 8.77. The first-order chi connectivity index (χ1) is 9.60. The van der Waals surface area contributed by atoms with Crippen molar-refractivity contribution in [2.24, 2.45) is 0 Å². The molecule has 0 unspecified atom stereocenters. The third-order valence-corrected chi connectivity index (χ3v) is 3.22. The fourth-order valence-corrected chi connectivity index (χ4v) is 2.21. The summed E-state index contributed by atoms with van der Waals surface area (Å²) in [5.74, 6) is 1.75. The van der Waals surface area contributed by atoms with E-state index < -0.39 is 0 Å². The molecular formula is C16H20ClN3. The average molecular weight is 290 g/mol. The molecule has 0 spiro atoms. The van der Waals surface area contributed by atoms with Gasteiger partial charge in [-0.05, 0) is 18.1 Å². The molecule has 0 saturated heterocycles. The van der Waals surface area contributed by atoms with Crippen LogP contribution in [0.3, 0.4) is 0 Å². The summed E-state index contributed by atoms with van der Waals surface area (Å²) in [5, 5.41) is 3.83. The molecule has 0 radical (unpaired) electrons. The molecule has 1 aromatic heterocycles. The third-order valence-electron chi connectivity index (χ3n) is 3.03. The van der Waals surface area contributed by atoms with Crippen molar-refractivity contribution in [3.8, 4) is 0 Å². The maximum atomic E-state index is 6.07. The van der Waals surface area contributed by atoms with E-state index in [9.17, 15) is 0 Å². The number of nitrogens with zero attached hydrogens (tertiary/aromatic N) is 2. The number of hydrogen-bond acceptors (Lipinski definition) is 3. The molecule has 1 aromatic carbocycles. The molecule has 3 nitrogen and oxygen atoms in total. The summed E-state index contributed by atoms with van der Waals surface area (Å²) in [6.07, 6.45) is 2.15. The monoisotopic (exact) mass is 289 g/mol. The van der Waals surface area contributed by atoms with Gasteiger partial charge >= 0.3 is 0 Å². The van der Waals surface area contributed by atoms with Gasteiger partial charge in [0.1, 0.15) is 16.8 Å². The topological polar surface area (TPSA) is 37.8 Å². The first-order valence-corrected chi connectivity index (χ1v) is 7.37. The lowest BCUT2D eigenvalue weighted by Gasteiger charge is -2.12. The van der Waals surface area contributed by atoms with E-state index >= 15 is 0 Å². The van der Waals surface area contributed by atoms with Crippen LogP contribution in [0, 0.1) is 0 Å². The van der Waals surface area contributed by atoms with E-state index in [0.717, 1.165) is 30.2 Å². The van der Waals surface area contributed by atoms with Crippen LogP contribution in [0.15, 0.2) is 30.3 Å². The van der Waals surface area contributed by atoms with E-state index in [2.05, 4.69) is 54.3 Å². The Morgan fingerprint density at radius 1 is 1.20 bits per heavy atom. The van der Waals surface area contributed by atoms with Crippen molar-refractivity contribution in [3.63, 3.8) is 0 Å². The van der Waals surface area contributed by atoms with Gasteiger partial charge in [0.05, 0.1) is 0 Å². The molecule has 1 heterocycles. The predicted octanol–water partition coefficient (Wildman–Crippen LogP) is 4.95. The maximum Gasteiger partial charge on any atom is 0.135 e. The lowest BCUT2D eigenvalue weighted by molar-refractivity contribution is 0.776. The molecule has 0 amide bonds. The highest BCUT2D eigenvalue weighted by Crippen LogP contribution is 2.23. The minimum absolute atomic E-state index is 0.250. The SMILES string of the molecule is CCCc1ccccc1Nc1cc(Cl)nc(C(C)C)n1. The molecule has 2 rings (SSSR count). The molecule has 0 aliphatic carbocycles. The van der Waals surface area contributed by atoms with Crippen LogP contribution in [-0.4, -0.2) is 9.97 Å². The van der Waals surface area contributed by atoms with Gasteiger partial charge in [0.25, 0.3) is 0 Å². The fraction of sp³-hybridized carbons (Fsp3) is 0.375.